The van der Waals surface area contributed by atoms with Gasteiger partial charge in [0.15, 0.2) is 6.61 Å². The third-order valence-electron chi connectivity index (χ3n) is 3.75. The van der Waals surface area contributed by atoms with Crippen molar-refractivity contribution in [3.63, 3.8) is 0 Å². The van der Waals surface area contributed by atoms with Crippen LogP contribution in [0.5, 0.6) is 5.75 Å². The van der Waals surface area contributed by atoms with E-state index in [-0.39, 0.29) is 12.5 Å². The second kappa shape index (κ2) is 9.44. The average molecular weight is 446 g/mol. The molecule has 0 saturated carbocycles. The minimum Gasteiger partial charge on any atom is -0.483 e. The Labute approximate surface area is 171 Å². The molecule has 0 heterocycles. The first kappa shape index (κ1) is 19.3. The highest BCUT2D eigenvalue weighted by Crippen LogP contribution is 2.26. The number of ether oxygens (including phenoxy) is 1. The van der Waals surface area contributed by atoms with Crippen LogP contribution < -0.4 is 15.4 Å². The lowest BCUT2D eigenvalue weighted by molar-refractivity contribution is -0.118. The first-order valence-corrected chi connectivity index (χ1v) is 9.53. The van der Waals surface area contributed by atoms with Gasteiger partial charge in [-0.05, 0) is 70.0 Å². The van der Waals surface area contributed by atoms with Crippen LogP contribution in [0.4, 0.5) is 11.4 Å². The molecular weight excluding hydrogens is 428 g/mol. The maximum absolute atomic E-state index is 12.0. The lowest BCUT2D eigenvalue weighted by Gasteiger charge is -2.11. The number of carbonyl (C=O) groups is 1. The van der Waals surface area contributed by atoms with Gasteiger partial charge in [0.05, 0.1) is 4.47 Å². The molecule has 2 N–H and O–H groups in total. The second-order valence-electron chi connectivity index (χ2n) is 5.83. The van der Waals surface area contributed by atoms with Gasteiger partial charge in [-0.2, -0.15) is 0 Å². The molecule has 0 fully saturated rings. The Morgan fingerprint density at radius 2 is 1.70 bits per heavy atom. The normalized spacial score (nSPS) is 10.3. The third-order valence-corrected chi connectivity index (χ3v) is 4.63. The van der Waals surface area contributed by atoms with E-state index in [1.165, 1.54) is 0 Å². The van der Waals surface area contributed by atoms with Crippen LogP contribution >= 0.6 is 27.5 Å². The molecule has 0 aliphatic rings. The van der Waals surface area contributed by atoms with Gasteiger partial charge in [0.1, 0.15) is 5.75 Å². The van der Waals surface area contributed by atoms with Crippen molar-refractivity contribution in [1.82, 2.24) is 0 Å². The van der Waals surface area contributed by atoms with E-state index in [0.29, 0.717) is 17.3 Å². The topological polar surface area (TPSA) is 50.4 Å². The Morgan fingerprint density at radius 1 is 0.963 bits per heavy atom. The van der Waals surface area contributed by atoms with Crippen LogP contribution in [0.2, 0.25) is 5.02 Å². The maximum Gasteiger partial charge on any atom is 0.262 e. The highest BCUT2D eigenvalue weighted by molar-refractivity contribution is 9.10. The Hall–Kier alpha value is -2.50. The van der Waals surface area contributed by atoms with Gasteiger partial charge in [-0.3, -0.25) is 4.79 Å². The average Bonchev–Trinajstić information content (AvgIpc) is 2.67. The summed E-state index contributed by atoms with van der Waals surface area (Å²) in [7, 11) is 0. The minimum absolute atomic E-state index is 0.0597. The molecule has 3 rings (SSSR count). The van der Waals surface area contributed by atoms with Gasteiger partial charge < -0.3 is 15.4 Å². The molecular formula is C21H18BrClN2O2. The van der Waals surface area contributed by atoms with Gasteiger partial charge in [0.2, 0.25) is 0 Å². The molecule has 3 aromatic rings. The van der Waals surface area contributed by atoms with E-state index in [4.69, 9.17) is 16.3 Å². The lowest BCUT2D eigenvalue weighted by atomic mass is 10.2. The molecule has 1 amide bonds. The van der Waals surface area contributed by atoms with E-state index in [9.17, 15) is 4.79 Å². The number of halogens is 2. The van der Waals surface area contributed by atoms with Crippen LogP contribution in [0, 0.1) is 0 Å². The smallest absolute Gasteiger partial charge is 0.262 e. The van der Waals surface area contributed by atoms with E-state index >= 15 is 0 Å². The first-order chi connectivity index (χ1) is 13.1. The van der Waals surface area contributed by atoms with Crippen molar-refractivity contribution in [1.29, 1.82) is 0 Å². The summed E-state index contributed by atoms with van der Waals surface area (Å²) >= 11 is 9.39. The van der Waals surface area contributed by atoms with Gasteiger partial charge in [-0.25, -0.2) is 0 Å². The quantitative estimate of drug-likeness (QED) is 0.488. The molecule has 0 aromatic heterocycles. The van der Waals surface area contributed by atoms with Crippen LogP contribution in [-0.2, 0) is 11.3 Å². The standard InChI is InChI=1S/C21H18BrClN2O2/c22-19-12-15(13-24-17-9-7-16(23)8-10-17)6-11-20(19)27-14-21(26)25-18-4-2-1-3-5-18/h1-12,24H,13-14H2,(H,25,26). The van der Waals surface area contributed by atoms with Gasteiger partial charge in [0, 0.05) is 22.9 Å². The number of anilines is 2. The van der Waals surface area contributed by atoms with Gasteiger partial charge in [-0.1, -0.05) is 35.9 Å². The summed E-state index contributed by atoms with van der Waals surface area (Å²) in [4.78, 5) is 12.0. The van der Waals surface area contributed by atoms with Crippen LogP contribution in [-0.4, -0.2) is 12.5 Å². The Balaban J connectivity index is 1.51. The summed E-state index contributed by atoms with van der Waals surface area (Å²) in [5.41, 5.74) is 2.82. The molecule has 6 heteroatoms. The molecule has 0 saturated heterocycles. The number of benzene rings is 3. The zero-order valence-corrected chi connectivity index (χ0v) is 16.8. The molecule has 27 heavy (non-hydrogen) atoms. The number of hydrogen-bond acceptors (Lipinski definition) is 3. The Bertz CT molecular complexity index is 902. The Morgan fingerprint density at radius 3 is 2.41 bits per heavy atom. The van der Waals surface area contributed by atoms with Crippen molar-refractivity contribution < 1.29 is 9.53 Å². The molecule has 0 radical (unpaired) electrons. The molecule has 0 aliphatic heterocycles. The fraction of sp³-hybridized carbons (Fsp3) is 0.0952. The molecule has 0 unspecified atom stereocenters. The number of para-hydroxylation sites is 1. The van der Waals surface area contributed by atoms with Gasteiger partial charge >= 0.3 is 0 Å². The second-order valence-corrected chi connectivity index (χ2v) is 7.12. The molecule has 0 atom stereocenters. The van der Waals surface area contributed by atoms with Crippen molar-refractivity contribution >= 4 is 44.8 Å². The van der Waals surface area contributed by atoms with E-state index in [2.05, 4.69) is 26.6 Å². The predicted molar refractivity (Wildman–Crippen MR) is 113 cm³/mol. The fourth-order valence-electron chi connectivity index (χ4n) is 2.41. The molecule has 3 aromatic carbocycles. The fourth-order valence-corrected chi connectivity index (χ4v) is 3.07. The van der Waals surface area contributed by atoms with Gasteiger partial charge in [0.25, 0.3) is 5.91 Å². The zero-order valence-electron chi connectivity index (χ0n) is 14.4. The number of nitrogens with one attached hydrogen (secondary N) is 2. The lowest BCUT2D eigenvalue weighted by Crippen LogP contribution is -2.20. The first-order valence-electron chi connectivity index (χ1n) is 8.36. The van der Waals surface area contributed by atoms with Crippen molar-refractivity contribution in [3.05, 3.63) is 87.9 Å². The third kappa shape index (κ3) is 6.01. The van der Waals surface area contributed by atoms with Crippen molar-refractivity contribution in [2.24, 2.45) is 0 Å². The van der Waals surface area contributed by atoms with Crippen LogP contribution in [0.1, 0.15) is 5.56 Å². The highest BCUT2D eigenvalue weighted by atomic mass is 79.9. The predicted octanol–water partition coefficient (Wildman–Crippen LogP) is 5.73. The SMILES string of the molecule is O=C(COc1ccc(CNc2ccc(Cl)cc2)cc1Br)Nc1ccccc1. The van der Waals surface area contributed by atoms with E-state index in [1.807, 2.05) is 72.8 Å². The number of hydrogen-bond donors (Lipinski definition) is 2. The minimum atomic E-state index is -0.207. The molecule has 138 valence electrons. The Kier molecular flexibility index (Phi) is 6.74. The highest BCUT2D eigenvalue weighted by Gasteiger charge is 2.07. The summed E-state index contributed by atoms with van der Waals surface area (Å²) in [6.45, 7) is 0.602. The monoisotopic (exact) mass is 444 g/mol. The molecule has 0 spiro atoms. The number of carbonyl (C=O) groups excluding carboxylic acids is 1. The van der Waals surface area contributed by atoms with Crippen LogP contribution in [0.15, 0.2) is 77.3 Å². The van der Waals surface area contributed by atoms with E-state index in [0.717, 1.165) is 21.4 Å². The van der Waals surface area contributed by atoms with Crippen LogP contribution in [0.25, 0.3) is 0 Å². The zero-order chi connectivity index (χ0) is 19.1. The molecule has 0 aliphatic carbocycles. The summed E-state index contributed by atoms with van der Waals surface area (Å²) in [5.74, 6) is 0.412. The van der Waals surface area contributed by atoms with Crippen molar-refractivity contribution in [2.45, 2.75) is 6.54 Å². The summed E-state index contributed by atoms with van der Waals surface area (Å²) in [6.07, 6.45) is 0. The van der Waals surface area contributed by atoms with E-state index in [1.54, 1.807) is 0 Å². The summed E-state index contributed by atoms with van der Waals surface area (Å²) in [6, 6.07) is 22.6. The van der Waals surface area contributed by atoms with Gasteiger partial charge in [-0.15, -0.1) is 0 Å². The van der Waals surface area contributed by atoms with Crippen molar-refractivity contribution in [2.75, 3.05) is 17.2 Å². The molecule has 0 bridgehead atoms. The molecule has 4 nitrogen and oxygen atoms in total. The summed E-state index contributed by atoms with van der Waals surface area (Å²) in [5, 5.41) is 6.82. The number of rotatable bonds is 7. The maximum atomic E-state index is 12.0. The largest absolute Gasteiger partial charge is 0.483 e. The van der Waals surface area contributed by atoms with Crippen molar-refractivity contribution in [3.8, 4) is 5.75 Å². The number of amides is 1. The van der Waals surface area contributed by atoms with E-state index < -0.39 is 0 Å². The summed E-state index contributed by atoms with van der Waals surface area (Å²) < 4.78 is 6.40. The van der Waals surface area contributed by atoms with Crippen LogP contribution in [0.3, 0.4) is 0 Å².